The Morgan fingerprint density at radius 3 is 2.58 bits per heavy atom. The lowest BCUT2D eigenvalue weighted by Crippen LogP contribution is -2.35. The van der Waals surface area contributed by atoms with Gasteiger partial charge < -0.3 is 5.73 Å². The van der Waals surface area contributed by atoms with Crippen molar-refractivity contribution in [2.75, 3.05) is 0 Å². The van der Waals surface area contributed by atoms with Crippen molar-refractivity contribution in [2.24, 2.45) is 17.6 Å². The predicted octanol–water partition coefficient (Wildman–Crippen LogP) is 3.30. The quantitative estimate of drug-likeness (QED) is 0.886. The number of aromatic nitrogens is 2. The highest BCUT2D eigenvalue weighted by Gasteiger charge is 2.25. The summed E-state index contributed by atoms with van der Waals surface area (Å²) in [6, 6.07) is 2.50. The first-order chi connectivity index (χ1) is 9.13. The van der Waals surface area contributed by atoms with Gasteiger partial charge in [0.05, 0.1) is 5.69 Å². The lowest BCUT2D eigenvalue weighted by Gasteiger charge is -2.31. The van der Waals surface area contributed by atoms with Crippen LogP contribution in [0.2, 0.25) is 0 Å². The van der Waals surface area contributed by atoms with E-state index < -0.39 is 0 Å². The van der Waals surface area contributed by atoms with E-state index in [2.05, 4.69) is 36.6 Å². The molecule has 3 heteroatoms. The van der Waals surface area contributed by atoms with Crippen LogP contribution in [0.15, 0.2) is 6.07 Å². The number of aryl methyl sites for hydroxylation is 2. The SMILES string of the molecule is CCC1CCC(C(N)Cc2cc(C)nn2CC)CC1. The van der Waals surface area contributed by atoms with Crippen molar-refractivity contribution in [1.82, 2.24) is 9.78 Å². The fourth-order valence-corrected chi connectivity index (χ4v) is 3.47. The molecule has 2 N–H and O–H groups in total. The van der Waals surface area contributed by atoms with E-state index in [1.807, 2.05) is 0 Å². The van der Waals surface area contributed by atoms with Crippen molar-refractivity contribution in [3.63, 3.8) is 0 Å². The third-order valence-electron chi connectivity index (χ3n) is 4.80. The molecule has 1 aliphatic carbocycles. The first-order valence-corrected chi connectivity index (χ1v) is 7.92. The third-order valence-corrected chi connectivity index (χ3v) is 4.80. The minimum atomic E-state index is 0.305. The molecular formula is C16H29N3. The predicted molar refractivity (Wildman–Crippen MR) is 80.1 cm³/mol. The van der Waals surface area contributed by atoms with Crippen LogP contribution in [0.1, 0.15) is 57.3 Å². The highest BCUT2D eigenvalue weighted by atomic mass is 15.3. The summed E-state index contributed by atoms with van der Waals surface area (Å²) in [5.41, 5.74) is 8.88. The van der Waals surface area contributed by atoms with Gasteiger partial charge in [0.2, 0.25) is 0 Å². The van der Waals surface area contributed by atoms with Gasteiger partial charge in [0.15, 0.2) is 0 Å². The van der Waals surface area contributed by atoms with E-state index in [1.54, 1.807) is 0 Å². The van der Waals surface area contributed by atoms with Crippen LogP contribution >= 0.6 is 0 Å². The van der Waals surface area contributed by atoms with Crippen molar-refractivity contribution >= 4 is 0 Å². The molecule has 1 aromatic rings. The van der Waals surface area contributed by atoms with Gasteiger partial charge in [-0.3, -0.25) is 4.68 Å². The molecule has 1 atom stereocenters. The standard InChI is InChI=1S/C16H29N3/c1-4-13-6-8-14(9-7-13)16(17)11-15-10-12(3)18-19(15)5-2/h10,13-14,16H,4-9,11,17H2,1-3H3. The molecule has 19 heavy (non-hydrogen) atoms. The normalized spacial score (nSPS) is 25.5. The van der Waals surface area contributed by atoms with Gasteiger partial charge >= 0.3 is 0 Å². The monoisotopic (exact) mass is 263 g/mol. The number of nitrogens with two attached hydrogens (primary N) is 1. The Morgan fingerprint density at radius 1 is 1.32 bits per heavy atom. The second kappa shape index (κ2) is 6.56. The van der Waals surface area contributed by atoms with Gasteiger partial charge in [-0.25, -0.2) is 0 Å². The van der Waals surface area contributed by atoms with Gasteiger partial charge in [-0.2, -0.15) is 5.10 Å². The number of rotatable bonds is 5. The largest absolute Gasteiger partial charge is 0.327 e. The second-order valence-electron chi connectivity index (χ2n) is 6.15. The molecule has 2 rings (SSSR count). The molecule has 0 bridgehead atoms. The molecule has 1 heterocycles. The summed E-state index contributed by atoms with van der Waals surface area (Å²) in [4.78, 5) is 0. The van der Waals surface area contributed by atoms with E-state index in [4.69, 9.17) is 5.73 Å². The van der Waals surface area contributed by atoms with Gasteiger partial charge in [-0.05, 0) is 44.6 Å². The summed E-state index contributed by atoms with van der Waals surface area (Å²) in [6.45, 7) is 7.47. The molecule has 0 amide bonds. The Labute approximate surface area is 117 Å². The van der Waals surface area contributed by atoms with Crippen molar-refractivity contribution in [3.05, 3.63) is 17.5 Å². The lowest BCUT2D eigenvalue weighted by molar-refractivity contribution is 0.236. The molecule has 1 aliphatic rings. The second-order valence-corrected chi connectivity index (χ2v) is 6.15. The third kappa shape index (κ3) is 3.59. The summed E-state index contributed by atoms with van der Waals surface area (Å²) in [7, 11) is 0. The molecule has 0 radical (unpaired) electrons. The summed E-state index contributed by atoms with van der Waals surface area (Å²) in [6.07, 6.45) is 7.71. The lowest BCUT2D eigenvalue weighted by atomic mass is 9.77. The Bertz CT molecular complexity index is 389. The molecule has 3 nitrogen and oxygen atoms in total. The van der Waals surface area contributed by atoms with E-state index >= 15 is 0 Å². The molecule has 108 valence electrons. The highest BCUT2D eigenvalue weighted by Crippen LogP contribution is 2.32. The van der Waals surface area contributed by atoms with Crippen molar-refractivity contribution in [2.45, 2.75) is 71.9 Å². The fourth-order valence-electron chi connectivity index (χ4n) is 3.47. The van der Waals surface area contributed by atoms with E-state index in [-0.39, 0.29) is 0 Å². The Morgan fingerprint density at radius 2 is 2.00 bits per heavy atom. The first-order valence-electron chi connectivity index (χ1n) is 7.92. The Balaban J connectivity index is 1.92. The maximum Gasteiger partial charge on any atom is 0.0596 e. The van der Waals surface area contributed by atoms with E-state index in [0.717, 1.165) is 24.6 Å². The van der Waals surface area contributed by atoms with Gasteiger partial charge in [0, 0.05) is 24.7 Å². The number of hydrogen-bond acceptors (Lipinski definition) is 2. The molecule has 1 unspecified atom stereocenters. The number of hydrogen-bond donors (Lipinski definition) is 1. The first kappa shape index (κ1) is 14.6. The summed E-state index contributed by atoms with van der Waals surface area (Å²) < 4.78 is 2.10. The van der Waals surface area contributed by atoms with Crippen LogP contribution in [0.3, 0.4) is 0 Å². The maximum atomic E-state index is 6.46. The molecule has 0 saturated heterocycles. The van der Waals surface area contributed by atoms with E-state index in [9.17, 15) is 0 Å². The summed E-state index contributed by atoms with van der Waals surface area (Å²) >= 11 is 0. The molecule has 0 aliphatic heterocycles. The van der Waals surface area contributed by atoms with Crippen molar-refractivity contribution < 1.29 is 0 Å². The van der Waals surface area contributed by atoms with Crippen LogP contribution in [0.5, 0.6) is 0 Å². The van der Waals surface area contributed by atoms with Gasteiger partial charge in [-0.1, -0.05) is 26.2 Å². The van der Waals surface area contributed by atoms with Crippen LogP contribution in [-0.2, 0) is 13.0 Å². The van der Waals surface area contributed by atoms with Crippen LogP contribution in [-0.4, -0.2) is 15.8 Å². The zero-order valence-electron chi connectivity index (χ0n) is 12.7. The Kier molecular flexibility index (Phi) is 5.03. The zero-order valence-corrected chi connectivity index (χ0v) is 12.7. The molecule has 1 fully saturated rings. The van der Waals surface area contributed by atoms with Crippen LogP contribution in [0, 0.1) is 18.8 Å². The molecule has 0 aromatic carbocycles. The zero-order chi connectivity index (χ0) is 13.8. The summed E-state index contributed by atoms with van der Waals surface area (Å²) in [5.74, 6) is 1.66. The van der Waals surface area contributed by atoms with Crippen molar-refractivity contribution in [3.8, 4) is 0 Å². The van der Waals surface area contributed by atoms with Crippen molar-refractivity contribution in [1.29, 1.82) is 0 Å². The molecule has 1 saturated carbocycles. The highest BCUT2D eigenvalue weighted by molar-refractivity contribution is 5.10. The Hall–Kier alpha value is -0.830. The minimum Gasteiger partial charge on any atom is -0.327 e. The molecule has 1 aromatic heterocycles. The van der Waals surface area contributed by atoms with Gasteiger partial charge in [0.25, 0.3) is 0 Å². The average Bonchev–Trinajstić information content (AvgIpc) is 2.78. The topological polar surface area (TPSA) is 43.8 Å². The average molecular weight is 263 g/mol. The van der Waals surface area contributed by atoms with Gasteiger partial charge in [-0.15, -0.1) is 0 Å². The minimum absolute atomic E-state index is 0.305. The molecular weight excluding hydrogens is 234 g/mol. The molecule has 0 spiro atoms. The maximum absolute atomic E-state index is 6.46. The van der Waals surface area contributed by atoms with E-state index in [1.165, 1.54) is 37.8 Å². The summed E-state index contributed by atoms with van der Waals surface area (Å²) in [5, 5.41) is 4.51. The van der Waals surface area contributed by atoms with E-state index in [0.29, 0.717) is 12.0 Å². The fraction of sp³-hybridized carbons (Fsp3) is 0.812. The number of nitrogens with zero attached hydrogens (tertiary/aromatic N) is 2. The van der Waals surface area contributed by atoms with Crippen LogP contribution in [0.4, 0.5) is 0 Å². The van der Waals surface area contributed by atoms with Crippen LogP contribution < -0.4 is 5.73 Å². The van der Waals surface area contributed by atoms with Gasteiger partial charge in [0.1, 0.15) is 0 Å². The smallest absolute Gasteiger partial charge is 0.0596 e. The van der Waals surface area contributed by atoms with Crippen LogP contribution in [0.25, 0.3) is 0 Å².